The summed E-state index contributed by atoms with van der Waals surface area (Å²) in [6, 6.07) is 36.3. The number of hydrogen-bond acceptors (Lipinski definition) is 3. The summed E-state index contributed by atoms with van der Waals surface area (Å²) in [5.74, 6) is 1.62. The molecule has 2 bridgehead atoms. The molecule has 0 aromatic heterocycles. The Balaban J connectivity index is 1.40. The van der Waals surface area contributed by atoms with Crippen LogP contribution in [0.3, 0.4) is 0 Å². The van der Waals surface area contributed by atoms with E-state index in [0.717, 1.165) is 33.8 Å². The van der Waals surface area contributed by atoms with Gasteiger partial charge in [0.2, 0.25) is 5.91 Å². The van der Waals surface area contributed by atoms with E-state index in [1.807, 2.05) is 89.8 Å². The minimum absolute atomic E-state index is 0.0693. The van der Waals surface area contributed by atoms with Crippen molar-refractivity contribution in [2.45, 2.75) is 31.1 Å². The highest BCUT2D eigenvalue weighted by atomic mass is 16.5. The number of likely N-dealkylation sites (tertiary alicyclic amines) is 1. The van der Waals surface area contributed by atoms with Gasteiger partial charge >= 0.3 is 0 Å². The van der Waals surface area contributed by atoms with Crippen molar-refractivity contribution in [3.63, 3.8) is 0 Å². The van der Waals surface area contributed by atoms with Crippen LogP contribution in [0.2, 0.25) is 0 Å². The molecule has 1 amide bonds. The molecule has 0 N–H and O–H groups in total. The zero-order valence-electron chi connectivity index (χ0n) is 19.5. The Bertz CT molecular complexity index is 1320. The van der Waals surface area contributed by atoms with Gasteiger partial charge in [-0.15, -0.1) is 0 Å². The number of nitrogens with zero attached hydrogens (tertiary/aromatic N) is 1. The Morgan fingerprint density at radius 3 is 2.20 bits per heavy atom. The van der Waals surface area contributed by atoms with Crippen molar-refractivity contribution < 1.29 is 14.3 Å². The maximum atomic E-state index is 14.3. The second kappa shape index (κ2) is 8.95. The van der Waals surface area contributed by atoms with Crippen LogP contribution in [0.4, 0.5) is 0 Å². The number of fused-ring (bicyclic) bond motifs is 4. The average molecular weight is 462 g/mol. The van der Waals surface area contributed by atoms with Crippen molar-refractivity contribution in [3.05, 3.63) is 131 Å². The number of amides is 1. The highest BCUT2D eigenvalue weighted by Gasteiger charge is 2.54. The number of hydrogen-bond donors (Lipinski definition) is 0. The second-order valence-electron chi connectivity index (χ2n) is 9.32. The highest BCUT2D eigenvalue weighted by molar-refractivity contribution is 5.94. The molecule has 174 valence electrons. The Hall–Kier alpha value is -4.05. The molecule has 4 aromatic rings. The van der Waals surface area contributed by atoms with Gasteiger partial charge in [0.05, 0.1) is 6.54 Å². The Morgan fingerprint density at radius 1 is 0.829 bits per heavy atom. The Morgan fingerprint density at radius 2 is 1.49 bits per heavy atom. The number of carbonyl (C=O) groups excluding carboxylic acids is 1. The van der Waals surface area contributed by atoms with E-state index in [0.29, 0.717) is 26.1 Å². The van der Waals surface area contributed by atoms with Crippen molar-refractivity contribution in [2.75, 3.05) is 6.54 Å². The molecule has 4 nitrogen and oxygen atoms in total. The summed E-state index contributed by atoms with van der Waals surface area (Å²) in [4.78, 5) is 16.3. The molecular formula is C31H27NO3. The van der Waals surface area contributed by atoms with Gasteiger partial charge in [0.1, 0.15) is 29.6 Å². The molecule has 2 atom stereocenters. The first-order valence-electron chi connectivity index (χ1n) is 12.1. The molecular weight excluding hydrogens is 434 g/mol. The summed E-state index contributed by atoms with van der Waals surface area (Å²) in [5.41, 5.74) is 3.29. The molecule has 2 heterocycles. The van der Waals surface area contributed by atoms with Crippen LogP contribution in [-0.4, -0.2) is 23.5 Å². The fourth-order valence-electron chi connectivity index (χ4n) is 5.41. The molecule has 2 aliphatic heterocycles. The van der Waals surface area contributed by atoms with Gasteiger partial charge in [-0.05, 0) is 34.9 Å². The van der Waals surface area contributed by atoms with Crippen LogP contribution >= 0.6 is 0 Å². The van der Waals surface area contributed by atoms with Crippen LogP contribution < -0.4 is 9.47 Å². The number of ether oxygens (including phenoxy) is 2. The Labute approximate surface area is 205 Å². The maximum absolute atomic E-state index is 14.3. The van der Waals surface area contributed by atoms with Crippen molar-refractivity contribution in [3.8, 4) is 11.5 Å². The molecule has 0 aliphatic carbocycles. The van der Waals surface area contributed by atoms with Crippen molar-refractivity contribution in [2.24, 2.45) is 0 Å². The second-order valence-corrected chi connectivity index (χ2v) is 9.32. The van der Waals surface area contributed by atoms with E-state index < -0.39 is 5.41 Å². The van der Waals surface area contributed by atoms with Gasteiger partial charge in [-0.3, -0.25) is 4.79 Å². The van der Waals surface area contributed by atoms with Gasteiger partial charge in [-0.1, -0.05) is 91.0 Å². The number of benzene rings is 4. The minimum atomic E-state index is -0.807. The van der Waals surface area contributed by atoms with Crippen molar-refractivity contribution >= 4 is 5.91 Å². The molecule has 0 spiro atoms. The lowest BCUT2D eigenvalue weighted by atomic mass is 9.66. The zero-order valence-corrected chi connectivity index (χ0v) is 19.5. The monoisotopic (exact) mass is 461 g/mol. The summed E-state index contributed by atoms with van der Waals surface area (Å²) in [6.45, 7) is 1.61. The van der Waals surface area contributed by atoms with Crippen LogP contribution in [-0.2, 0) is 23.4 Å². The van der Waals surface area contributed by atoms with Gasteiger partial charge in [0, 0.05) is 18.5 Å². The molecule has 4 heteroatoms. The summed E-state index contributed by atoms with van der Waals surface area (Å²) in [5, 5.41) is 0. The van der Waals surface area contributed by atoms with E-state index >= 15 is 0 Å². The molecule has 35 heavy (non-hydrogen) atoms. The SMILES string of the molecule is O=C1N(Cc2ccccc2)CC2CC1(c1ccccc1)c1cc(OCc3ccccc3)ccc1O2. The molecule has 1 fully saturated rings. The largest absolute Gasteiger partial charge is 0.489 e. The predicted octanol–water partition coefficient (Wildman–Crippen LogP) is 5.75. The average Bonchev–Trinajstić information content (AvgIpc) is 2.92. The maximum Gasteiger partial charge on any atom is 0.238 e. The van der Waals surface area contributed by atoms with E-state index in [1.165, 1.54) is 0 Å². The number of rotatable bonds is 6. The fraction of sp³-hybridized carbons (Fsp3) is 0.194. The standard InChI is InChI=1S/C31H27NO3/c33-30-31(25-14-8-3-9-15-25)19-27(21-32(30)20-23-10-4-1-5-11-23)35-29-17-16-26(18-28(29)31)34-22-24-12-6-2-7-13-24/h1-18,27H,19-22H2. The lowest BCUT2D eigenvalue weighted by Gasteiger charge is -2.49. The van der Waals surface area contributed by atoms with Crippen molar-refractivity contribution in [1.82, 2.24) is 4.90 Å². The topological polar surface area (TPSA) is 38.8 Å². The minimum Gasteiger partial charge on any atom is -0.489 e. The van der Waals surface area contributed by atoms with Crippen LogP contribution in [0.25, 0.3) is 0 Å². The lowest BCUT2D eigenvalue weighted by Crippen LogP contribution is -2.59. The van der Waals surface area contributed by atoms with E-state index in [1.54, 1.807) is 0 Å². The highest BCUT2D eigenvalue weighted by Crippen LogP contribution is 2.50. The quantitative estimate of drug-likeness (QED) is 0.367. The first kappa shape index (κ1) is 21.5. The molecule has 1 saturated heterocycles. The molecule has 2 aliphatic rings. The van der Waals surface area contributed by atoms with E-state index in [-0.39, 0.29) is 12.0 Å². The molecule has 0 saturated carbocycles. The first-order chi connectivity index (χ1) is 17.2. The third kappa shape index (κ3) is 3.95. The summed E-state index contributed by atoms with van der Waals surface area (Å²) in [6.07, 6.45) is 0.552. The van der Waals surface area contributed by atoms with Crippen LogP contribution in [0.5, 0.6) is 11.5 Å². The van der Waals surface area contributed by atoms with Crippen molar-refractivity contribution in [1.29, 1.82) is 0 Å². The van der Waals surface area contributed by atoms with E-state index in [9.17, 15) is 4.79 Å². The first-order valence-corrected chi connectivity index (χ1v) is 12.1. The summed E-state index contributed by atoms with van der Waals surface area (Å²) < 4.78 is 12.6. The number of carbonyl (C=O) groups is 1. The molecule has 0 radical (unpaired) electrons. The van der Waals surface area contributed by atoms with Gasteiger partial charge < -0.3 is 14.4 Å². The zero-order chi connectivity index (χ0) is 23.7. The van der Waals surface area contributed by atoms with E-state index in [2.05, 4.69) is 24.3 Å². The number of piperidine rings is 1. The lowest BCUT2D eigenvalue weighted by molar-refractivity contribution is -0.145. The summed E-state index contributed by atoms with van der Waals surface area (Å²) in [7, 11) is 0. The van der Waals surface area contributed by atoms with Crippen LogP contribution in [0.15, 0.2) is 109 Å². The van der Waals surface area contributed by atoms with E-state index in [4.69, 9.17) is 9.47 Å². The normalized spacial score (nSPS) is 20.6. The van der Waals surface area contributed by atoms with Crippen LogP contribution in [0.1, 0.15) is 28.7 Å². The Kier molecular flexibility index (Phi) is 5.49. The van der Waals surface area contributed by atoms with Crippen LogP contribution in [0, 0.1) is 0 Å². The van der Waals surface area contributed by atoms with Gasteiger partial charge in [0.15, 0.2) is 0 Å². The third-order valence-corrected chi connectivity index (χ3v) is 7.05. The fourth-order valence-corrected chi connectivity index (χ4v) is 5.41. The molecule has 2 unspecified atom stereocenters. The predicted molar refractivity (Wildman–Crippen MR) is 135 cm³/mol. The van der Waals surface area contributed by atoms with Gasteiger partial charge in [-0.2, -0.15) is 0 Å². The van der Waals surface area contributed by atoms with Gasteiger partial charge in [-0.25, -0.2) is 0 Å². The third-order valence-electron chi connectivity index (χ3n) is 7.05. The molecule has 4 aromatic carbocycles. The summed E-state index contributed by atoms with van der Waals surface area (Å²) >= 11 is 0. The van der Waals surface area contributed by atoms with Gasteiger partial charge in [0.25, 0.3) is 0 Å². The molecule has 6 rings (SSSR count). The smallest absolute Gasteiger partial charge is 0.238 e.